The van der Waals surface area contributed by atoms with Gasteiger partial charge in [-0.25, -0.2) is 0 Å². The molecule has 5 heteroatoms. The van der Waals surface area contributed by atoms with E-state index in [1.54, 1.807) is 4.90 Å². The minimum atomic E-state index is -0.449. The van der Waals surface area contributed by atoms with E-state index in [-0.39, 0.29) is 5.91 Å². The number of nitrogens with zero attached hydrogens (tertiary/aromatic N) is 2. The predicted octanol–water partition coefficient (Wildman–Crippen LogP) is 0.660. The number of nitriles is 1. The first kappa shape index (κ1) is 13.3. The maximum Gasteiger partial charge on any atom is 0.222 e. The summed E-state index contributed by atoms with van der Waals surface area (Å²) in [5.41, 5.74) is 0. The van der Waals surface area contributed by atoms with Gasteiger partial charge in [-0.05, 0) is 25.8 Å². The number of carbonyl (C=O) groups excluding carboxylic acids is 1. The van der Waals surface area contributed by atoms with Crippen LogP contribution in [0.2, 0.25) is 0 Å². The third kappa shape index (κ3) is 3.69. The molecule has 1 amide bonds. The van der Waals surface area contributed by atoms with Crippen molar-refractivity contribution >= 4 is 5.91 Å². The fourth-order valence-electron chi connectivity index (χ4n) is 2.58. The Hall–Kier alpha value is -1.12. The van der Waals surface area contributed by atoms with E-state index >= 15 is 0 Å². The molecule has 2 saturated heterocycles. The minimum absolute atomic E-state index is 0.158. The molecule has 2 rings (SSSR count). The van der Waals surface area contributed by atoms with Crippen LogP contribution in [0.15, 0.2) is 0 Å². The highest BCUT2D eigenvalue weighted by Gasteiger charge is 2.24. The summed E-state index contributed by atoms with van der Waals surface area (Å²) >= 11 is 0. The lowest BCUT2D eigenvalue weighted by Gasteiger charge is -2.30. The molecule has 0 aromatic carbocycles. The van der Waals surface area contributed by atoms with Gasteiger partial charge in [-0.1, -0.05) is 6.42 Å². The molecule has 0 spiro atoms. The van der Waals surface area contributed by atoms with Crippen LogP contribution in [-0.2, 0) is 9.53 Å². The monoisotopic (exact) mass is 251 g/mol. The minimum Gasteiger partial charge on any atom is -0.360 e. The van der Waals surface area contributed by atoms with Crippen molar-refractivity contribution in [2.75, 3.05) is 26.2 Å². The Balaban J connectivity index is 1.72. The SMILES string of the molecule is N#CC1CN(C(=O)CCC2CCCCN2)CCO1. The highest BCUT2D eigenvalue weighted by molar-refractivity contribution is 5.76. The zero-order valence-electron chi connectivity index (χ0n) is 10.7. The van der Waals surface area contributed by atoms with E-state index in [2.05, 4.69) is 11.4 Å². The highest BCUT2D eigenvalue weighted by atomic mass is 16.5. The molecule has 2 unspecified atom stereocenters. The first-order valence-corrected chi connectivity index (χ1v) is 6.82. The first-order chi connectivity index (χ1) is 8.79. The van der Waals surface area contributed by atoms with Crippen LogP contribution in [0.3, 0.4) is 0 Å². The zero-order chi connectivity index (χ0) is 12.8. The normalized spacial score (nSPS) is 28.7. The van der Waals surface area contributed by atoms with Crippen molar-refractivity contribution in [3.8, 4) is 6.07 Å². The van der Waals surface area contributed by atoms with Gasteiger partial charge in [0.05, 0.1) is 19.2 Å². The lowest BCUT2D eigenvalue weighted by molar-refractivity contribution is -0.137. The molecule has 2 aliphatic heterocycles. The third-order valence-corrected chi connectivity index (χ3v) is 3.68. The summed E-state index contributed by atoms with van der Waals surface area (Å²) in [6.45, 7) is 2.60. The summed E-state index contributed by atoms with van der Waals surface area (Å²) in [7, 11) is 0. The van der Waals surface area contributed by atoms with Crippen molar-refractivity contribution in [2.45, 2.75) is 44.2 Å². The zero-order valence-corrected chi connectivity index (χ0v) is 10.7. The van der Waals surface area contributed by atoms with Crippen LogP contribution in [0.1, 0.15) is 32.1 Å². The number of carbonyl (C=O) groups is 1. The second-order valence-electron chi connectivity index (χ2n) is 5.01. The molecule has 1 N–H and O–H groups in total. The summed E-state index contributed by atoms with van der Waals surface area (Å²) in [5, 5.41) is 12.3. The Bertz CT molecular complexity index is 321. The molecular formula is C13H21N3O2. The van der Waals surface area contributed by atoms with Gasteiger partial charge in [0.2, 0.25) is 5.91 Å². The molecule has 2 fully saturated rings. The quantitative estimate of drug-likeness (QED) is 0.800. The smallest absolute Gasteiger partial charge is 0.222 e. The predicted molar refractivity (Wildman–Crippen MR) is 66.8 cm³/mol. The summed E-state index contributed by atoms with van der Waals surface area (Å²) < 4.78 is 5.23. The largest absolute Gasteiger partial charge is 0.360 e. The van der Waals surface area contributed by atoms with Gasteiger partial charge in [-0.3, -0.25) is 4.79 Å². The van der Waals surface area contributed by atoms with E-state index < -0.39 is 6.10 Å². The summed E-state index contributed by atoms with van der Waals surface area (Å²) in [4.78, 5) is 13.8. The van der Waals surface area contributed by atoms with Crippen LogP contribution in [0, 0.1) is 11.3 Å². The van der Waals surface area contributed by atoms with Gasteiger partial charge in [0.15, 0.2) is 6.10 Å². The molecule has 2 heterocycles. The van der Waals surface area contributed by atoms with Crippen molar-refractivity contribution in [3.05, 3.63) is 0 Å². The lowest BCUT2D eigenvalue weighted by atomic mass is 10.0. The fourth-order valence-corrected chi connectivity index (χ4v) is 2.58. The second kappa shape index (κ2) is 6.72. The van der Waals surface area contributed by atoms with E-state index in [1.165, 1.54) is 19.3 Å². The number of hydrogen-bond donors (Lipinski definition) is 1. The number of amides is 1. The maximum atomic E-state index is 12.0. The van der Waals surface area contributed by atoms with Crippen LogP contribution in [0.25, 0.3) is 0 Å². The van der Waals surface area contributed by atoms with E-state index in [1.807, 2.05) is 0 Å². The van der Waals surface area contributed by atoms with Gasteiger partial charge in [0.1, 0.15) is 0 Å². The second-order valence-corrected chi connectivity index (χ2v) is 5.01. The lowest BCUT2D eigenvalue weighted by Crippen LogP contribution is -2.45. The van der Waals surface area contributed by atoms with Crippen molar-refractivity contribution in [1.29, 1.82) is 5.26 Å². The van der Waals surface area contributed by atoms with E-state index in [9.17, 15) is 4.79 Å². The first-order valence-electron chi connectivity index (χ1n) is 6.82. The van der Waals surface area contributed by atoms with Crippen LogP contribution in [0.5, 0.6) is 0 Å². The van der Waals surface area contributed by atoms with Crippen LogP contribution in [-0.4, -0.2) is 49.2 Å². The topological polar surface area (TPSA) is 65.4 Å². The number of morpholine rings is 1. The molecule has 0 saturated carbocycles. The molecule has 0 aromatic heterocycles. The maximum absolute atomic E-state index is 12.0. The van der Waals surface area contributed by atoms with Gasteiger partial charge in [0.25, 0.3) is 0 Å². The number of piperidine rings is 1. The van der Waals surface area contributed by atoms with E-state index in [0.717, 1.165) is 13.0 Å². The van der Waals surface area contributed by atoms with Gasteiger partial charge >= 0.3 is 0 Å². The Kier molecular flexibility index (Phi) is 4.97. The van der Waals surface area contributed by atoms with Crippen LogP contribution < -0.4 is 5.32 Å². The highest BCUT2D eigenvalue weighted by Crippen LogP contribution is 2.14. The Morgan fingerprint density at radius 2 is 2.39 bits per heavy atom. The summed E-state index contributed by atoms with van der Waals surface area (Å²) in [6, 6.07) is 2.56. The molecule has 100 valence electrons. The number of hydrogen-bond acceptors (Lipinski definition) is 4. The van der Waals surface area contributed by atoms with Crippen molar-refractivity contribution < 1.29 is 9.53 Å². The molecule has 0 aliphatic carbocycles. The van der Waals surface area contributed by atoms with Gasteiger partial charge in [-0.2, -0.15) is 5.26 Å². The van der Waals surface area contributed by atoms with Gasteiger partial charge in [0, 0.05) is 19.0 Å². The number of nitrogens with one attached hydrogen (secondary N) is 1. The van der Waals surface area contributed by atoms with Crippen LogP contribution >= 0.6 is 0 Å². The molecular weight excluding hydrogens is 230 g/mol. The molecule has 2 atom stereocenters. The van der Waals surface area contributed by atoms with E-state index in [0.29, 0.717) is 32.2 Å². The molecule has 0 bridgehead atoms. The molecule has 5 nitrogen and oxygen atoms in total. The Morgan fingerprint density at radius 1 is 1.50 bits per heavy atom. The molecule has 0 aromatic rings. The van der Waals surface area contributed by atoms with E-state index in [4.69, 9.17) is 10.00 Å². The van der Waals surface area contributed by atoms with Crippen molar-refractivity contribution in [1.82, 2.24) is 10.2 Å². The number of rotatable bonds is 3. The average molecular weight is 251 g/mol. The standard InChI is InChI=1S/C13H21N3O2/c14-9-12-10-16(7-8-18-12)13(17)5-4-11-3-1-2-6-15-11/h11-12,15H,1-8,10H2. The van der Waals surface area contributed by atoms with Crippen molar-refractivity contribution in [2.24, 2.45) is 0 Å². The summed E-state index contributed by atoms with van der Waals surface area (Å²) in [6.07, 6.45) is 4.73. The molecule has 18 heavy (non-hydrogen) atoms. The van der Waals surface area contributed by atoms with Crippen LogP contribution in [0.4, 0.5) is 0 Å². The molecule has 2 aliphatic rings. The summed E-state index contributed by atoms with van der Waals surface area (Å²) in [5.74, 6) is 0.158. The Labute approximate surface area is 108 Å². The number of ether oxygens (including phenoxy) is 1. The van der Waals surface area contributed by atoms with Gasteiger partial charge in [-0.15, -0.1) is 0 Å². The van der Waals surface area contributed by atoms with Crippen molar-refractivity contribution in [3.63, 3.8) is 0 Å². The Morgan fingerprint density at radius 3 is 3.11 bits per heavy atom. The third-order valence-electron chi connectivity index (χ3n) is 3.68. The van der Waals surface area contributed by atoms with Gasteiger partial charge < -0.3 is 15.0 Å². The fraction of sp³-hybridized carbons (Fsp3) is 0.846. The average Bonchev–Trinajstić information content (AvgIpc) is 2.46. The molecule has 0 radical (unpaired) electrons.